The third-order valence-electron chi connectivity index (χ3n) is 5.41. The Labute approximate surface area is 183 Å². The number of nitrogens with one attached hydrogen (secondary N) is 1. The number of anilines is 2. The van der Waals surface area contributed by atoms with Crippen molar-refractivity contribution in [2.24, 2.45) is 0 Å². The molecule has 1 N–H and O–H groups in total. The molecule has 0 spiro atoms. The number of carbonyl (C=O) groups excluding carboxylic acids is 1. The van der Waals surface area contributed by atoms with Gasteiger partial charge in [-0.05, 0) is 24.3 Å². The summed E-state index contributed by atoms with van der Waals surface area (Å²) in [6, 6.07) is 11.6. The summed E-state index contributed by atoms with van der Waals surface area (Å²) in [6.45, 7) is 4.42. The largest absolute Gasteiger partial charge is 0.497 e. The molecule has 1 aliphatic heterocycles. The zero-order chi connectivity index (χ0) is 22.2. The highest BCUT2D eigenvalue weighted by atomic mass is 16.5. The van der Waals surface area contributed by atoms with E-state index in [9.17, 15) is 4.79 Å². The lowest BCUT2D eigenvalue weighted by Crippen LogP contribution is -2.47. The summed E-state index contributed by atoms with van der Waals surface area (Å²) >= 11 is 0. The lowest BCUT2D eigenvalue weighted by atomic mass is 10.2. The van der Waals surface area contributed by atoms with Gasteiger partial charge in [0.2, 0.25) is 11.7 Å². The Morgan fingerprint density at radius 1 is 0.871 bits per heavy atom. The molecule has 0 aromatic heterocycles. The SMILES string of the molecule is COc1ccc(N2CCN(CCC(=O)Nc3cc(OC)c(OC)c(OC)c3)CC2)cc1. The minimum atomic E-state index is -0.0492. The van der Waals surface area contributed by atoms with Gasteiger partial charge in [0.15, 0.2) is 11.5 Å². The zero-order valence-electron chi connectivity index (χ0n) is 18.6. The van der Waals surface area contributed by atoms with Crippen molar-refractivity contribution in [3.05, 3.63) is 36.4 Å². The van der Waals surface area contributed by atoms with Crippen molar-refractivity contribution in [2.75, 3.05) is 71.4 Å². The highest BCUT2D eigenvalue weighted by Gasteiger charge is 2.19. The van der Waals surface area contributed by atoms with Crippen LogP contribution in [0, 0.1) is 0 Å². The van der Waals surface area contributed by atoms with Crippen LogP contribution in [0.25, 0.3) is 0 Å². The molecule has 1 heterocycles. The van der Waals surface area contributed by atoms with Crippen molar-refractivity contribution >= 4 is 17.3 Å². The summed E-state index contributed by atoms with van der Waals surface area (Å²) in [5.74, 6) is 2.32. The summed E-state index contributed by atoms with van der Waals surface area (Å²) in [4.78, 5) is 17.1. The van der Waals surface area contributed by atoms with E-state index < -0.39 is 0 Å². The molecule has 0 aliphatic carbocycles. The Kier molecular flexibility index (Phi) is 7.83. The smallest absolute Gasteiger partial charge is 0.225 e. The normalized spacial score (nSPS) is 14.1. The molecule has 8 nitrogen and oxygen atoms in total. The third-order valence-corrected chi connectivity index (χ3v) is 5.41. The van der Waals surface area contributed by atoms with E-state index in [-0.39, 0.29) is 5.91 Å². The summed E-state index contributed by atoms with van der Waals surface area (Å²) in [7, 11) is 6.32. The van der Waals surface area contributed by atoms with Crippen LogP contribution in [0.2, 0.25) is 0 Å². The van der Waals surface area contributed by atoms with Crippen LogP contribution in [0.1, 0.15) is 6.42 Å². The maximum absolute atomic E-state index is 12.5. The Bertz CT molecular complexity index is 839. The van der Waals surface area contributed by atoms with Crippen LogP contribution in [0.4, 0.5) is 11.4 Å². The number of ether oxygens (including phenoxy) is 4. The van der Waals surface area contributed by atoms with Gasteiger partial charge < -0.3 is 29.2 Å². The van der Waals surface area contributed by atoms with Crippen LogP contribution in [-0.2, 0) is 4.79 Å². The lowest BCUT2D eigenvalue weighted by Gasteiger charge is -2.36. The molecule has 3 rings (SSSR count). The lowest BCUT2D eigenvalue weighted by molar-refractivity contribution is -0.116. The van der Waals surface area contributed by atoms with Gasteiger partial charge >= 0.3 is 0 Å². The maximum Gasteiger partial charge on any atom is 0.225 e. The van der Waals surface area contributed by atoms with Gasteiger partial charge in [-0.15, -0.1) is 0 Å². The second kappa shape index (κ2) is 10.8. The number of rotatable bonds is 9. The number of hydrogen-bond donors (Lipinski definition) is 1. The van der Waals surface area contributed by atoms with Crippen molar-refractivity contribution < 1.29 is 23.7 Å². The monoisotopic (exact) mass is 429 g/mol. The van der Waals surface area contributed by atoms with Crippen molar-refractivity contribution in [1.29, 1.82) is 0 Å². The van der Waals surface area contributed by atoms with Gasteiger partial charge in [-0.25, -0.2) is 0 Å². The fourth-order valence-corrected chi connectivity index (χ4v) is 3.66. The molecular weight excluding hydrogens is 398 g/mol. The van der Waals surface area contributed by atoms with Gasteiger partial charge in [0, 0.05) is 62.7 Å². The van der Waals surface area contributed by atoms with Crippen molar-refractivity contribution in [2.45, 2.75) is 6.42 Å². The predicted molar refractivity (Wildman–Crippen MR) is 121 cm³/mol. The topological polar surface area (TPSA) is 72.5 Å². The van der Waals surface area contributed by atoms with E-state index in [0.29, 0.717) is 35.9 Å². The molecule has 0 radical (unpaired) electrons. The first-order valence-electron chi connectivity index (χ1n) is 10.3. The van der Waals surface area contributed by atoms with E-state index in [1.165, 1.54) is 5.69 Å². The predicted octanol–water partition coefficient (Wildman–Crippen LogP) is 2.87. The molecule has 8 heteroatoms. The number of nitrogens with zero attached hydrogens (tertiary/aromatic N) is 2. The van der Waals surface area contributed by atoms with Crippen molar-refractivity contribution in [3.8, 4) is 23.0 Å². The van der Waals surface area contributed by atoms with Gasteiger partial charge in [-0.3, -0.25) is 9.69 Å². The molecule has 0 atom stereocenters. The standard InChI is InChI=1S/C23H31N3O5/c1-28-19-7-5-18(6-8-19)26-13-11-25(12-14-26)10-9-22(27)24-17-15-20(29-2)23(31-4)21(16-17)30-3/h5-8,15-16H,9-14H2,1-4H3,(H,24,27). The average molecular weight is 430 g/mol. The zero-order valence-corrected chi connectivity index (χ0v) is 18.6. The number of hydrogen-bond acceptors (Lipinski definition) is 7. The molecule has 1 saturated heterocycles. The van der Waals surface area contributed by atoms with Crippen LogP contribution < -0.4 is 29.2 Å². The maximum atomic E-state index is 12.5. The Balaban J connectivity index is 1.48. The molecule has 2 aromatic rings. The van der Waals surface area contributed by atoms with Gasteiger partial charge in [-0.1, -0.05) is 0 Å². The molecular formula is C23H31N3O5. The van der Waals surface area contributed by atoms with Crippen LogP contribution in [0.15, 0.2) is 36.4 Å². The second-order valence-corrected chi connectivity index (χ2v) is 7.24. The first kappa shape index (κ1) is 22.6. The molecule has 1 amide bonds. The second-order valence-electron chi connectivity index (χ2n) is 7.24. The van der Waals surface area contributed by atoms with Crippen molar-refractivity contribution in [1.82, 2.24) is 4.90 Å². The highest BCUT2D eigenvalue weighted by molar-refractivity contribution is 5.91. The Morgan fingerprint density at radius 2 is 1.48 bits per heavy atom. The molecule has 1 fully saturated rings. The molecule has 168 valence electrons. The van der Waals surface area contributed by atoms with Gasteiger partial charge in [0.25, 0.3) is 0 Å². The fraction of sp³-hybridized carbons (Fsp3) is 0.435. The summed E-state index contributed by atoms with van der Waals surface area (Å²) < 4.78 is 21.2. The van der Waals surface area contributed by atoms with Crippen LogP contribution >= 0.6 is 0 Å². The molecule has 0 unspecified atom stereocenters. The molecule has 0 saturated carbocycles. The van der Waals surface area contributed by atoms with E-state index in [0.717, 1.165) is 31.9 Å². The molecule has 2 aromatic carbocycles. The molecule has 31 heavy (non-hydrogen) atoms. The van der Waals surface area contributed by atoms with E-state index in [1.54, 1.807) is 40.6 Å². The van der Waals surface area contributed by atoms with E-state index >= 15 is 0 Å². The quantitative estimate of drug-likeness (QED) is 0.657. The minimum absolute atomic E-state index is 0.0492. The van der Waals surface area contributed by atoms with Gasteiger partial charge in [0.1, 0.15) is 5.75 Å². The van der Waals surface area contributed by atoms with Gasteiger partial charge in [0.05, 0.1) is 28.4 Å². The number of amides is 1. The fourth-order valence-electron chi connectivity index (χ4n) is 3.66. The summed E-state index contributed by atoms with van der Waals surface area (Å²) in [5, 5.41) is 2.92. The summed E-state index contributed by atoms with van der Waals surface area (Å²) in [6.07, 6.45) is 0.416. The van der Waals surface area contributed by atoms with Crippen LogP contribution in [0.5, 0.6) is 23.0 Å². The average Bonchev–Trinajstić information content (AvgIpc) is 2.82. The first-order valence-corrected chi connectivity index (χ1v) is 10.3. The number of methoxy groups -OCH3 is 4. The van der Waals surface area contributed by atoms with E-state index in [4.69, 9.17) is 18.9 Å². The number of carbonyl (C=O) groups is 1. The van der Waals surface area contributed by atoms with Gasteiger partial charge in [-0.2, -0.15) is 0 Å². The first-order chi connectivity index (χ1) is 15.1. The third kappa shape index (κ3) is 5.73. The van der Waals surface area contributed by atoms with Crippen LogP contribution in [0.3, 0.4) is 0 Å². The summed E-state index contributed by atoms with van der Waals surface area (Å²) in [5.41, 5.74) is 1.81. The highest BCUT2D eigenvalue weighted by Crippen LogP contribution is 2.39. The number of benzene rings is 2. The Hall–Kier alpha value is -3.13. The molecule has 0 bridgehead atoms. The number of piperazine rings is 1. The minimum Gasteiger partial charge on any atom is -0.497 e. The van der Waals surface area contributed by atoms with Crippen LogP contribution in [-0.4, -0.2) is 72.0 Å². The van der Waals surface area contributed by atoms with E-state index in [1.807, 2.05) is 12.1 Å². The van der Waals surface area contributed by atoms with Crippen molar-refractivity contribution in [3.63, 3.8) is 0 Å². The van der Waals surface area contributed by atoms with E-state index in [2.05, 4.69) is 27.2 Å². The Morgan fingerprint density at radius 3 is 2.00 bits per heavy atom. The molecule has 1 aliphatic rings.